The first-order valence-corrected chi connectivity index (χ1v) is 6.28. The van der Waals surface area contributed by atoms with Gasteiger partial charge in [0.05, 0.1) is 0 Å². The molecule has 1 spiro atoms. The monoisotopic (exact) mass is 220 g/mol. The quantitative estimate of drug-likeness (QED) is 0.674. The van der Waals surface area contributed by atoms with Gasteiger partial charge < -0.3 is 4.90 Å². The van der Waals surface area contributed by atoms with Gasteiger partial charge in [-0.05, 0) is 32.1 Å². The van der Waals surface area contributed by atoms with Gasteiger partial charge in [-0.1, -0.05) is 18.7 Å². The van der Waals surface area contributed by atoms with Gasteiger partial charge in [-0.3, -0.25) is 4.90 Å². The molecule has 2 heterocycles. The normalized spacial score (nSPS) is 24.2. The van der Waals surface area contributed by atoms with Crippen LogP contribution in [0.1, 0.15) is 26.7 Å². The third-order valence-corrected chi connectivity index (χ3v) is 3.98. The zero-order valence-electron chi connectivity index (χ0n) is 10.8. The van der Waals surface area contributed by atoms with Gasteiger partial charge in [-0.15, -0.1) is 0 Å². The van der Waals surface area contributed by atoms with E-state index in [1.54, 1.807) is 0 Å². The molecular weight excluding hydrogens is 196 g/mol. The van der Waals surface area contributed by atoms with Crippen LogP contribution in [0.25, 0.3) is 0 Å². The number of piperidine rings is 1. The molecule has 0 aromatic carbocycles. The van der Waals surface area contributed by atoms with E-state index in [4.69, 9.17) is 0 Å². The topological polar surface area (TPSA) is 6.48 Å². The Morgan fingerprint density at radius 2 is 1.69 bits per heavy atom. The fraction of sp³-hybridized carbons (Fsp3) is 0.714. The van der Waals surface area contributed by atoms with E-state index >= 15 is 0 Å². The maximum Gasteiger partial charge on any atom is 0.0187 e. The van der Waals surface area contributed by atoms with Crippen LogP contribution in [0, 0.1) is 5.41 Å². The third-order valence-electron chi connectivity index (χ3n) is 3.98. The van der Waals surface area contributed by atoms with Crippen molar-refractivity contribution in [2.75, 3.05) is 32.7 Å². The highest BCUT2D eigenvalue weighted by molar-refractivity contribution is 5.05. The standard InChI is InChI=1S/C14H24N2/c1-12(2)9-15-10-14(11-15)5-7-16(8-6-14)13(3)4/h1,3,5-11H2,2,4H3. The Labute approximate surface area is 99.6 Å². The lowest BCUT2D eigenvalue weighted by atomic mass is 9.72. The summed E-state index contributed by atoms with van der Waals surface area (Å²) in [6.07, 6.45) is 2.68. The van der Waals surface area contributed by atoms with E-state index in [-0.39, 0.29) is 0 Å². The van der Waals surface area contributed by atoms with Gasteiger partial charge in [0.25, 0.3) is 0 Å². The molecule has 2 aliphatic heterocycles. The van der Waals surface area contributed by atoms with Crippen molar-refractivity contribution in [3.05, 3.63) is 24.4 Å². The van der Waals surface area contributed by atoms with E-state index in [9.17, 15) is 0 Å². The summed E-state index contributed by atoms with van der Waals surface area (Å²) in [5.41, 5.74) is 3.14. The highest BCUT2D eigenvalue weighted by atomic mass is 15.2. The molecule has 2 saturated heterocycles. The second-order valence-corrected chi connectivity index (χ2v) is 5.82. The Morgan fingerprint density at radius 3 is 2.12 bits per heavy atom. The lowest BCUT2D eigenvalue weighted by Gasteiger charge is -2.54. The van der Waals surface area contributed by atoms with Crippen LogP contribution in [0.15, 0.2) is 24.4 Å². The Kier molecular flexibility index (Phi) is 3.11. The second-order valence-electron chi connectivity index (χ2n) is 5.82. The van der Waals surface area contributed by atoms with Crippen molar-refractivity contribution in [1.29, 1.82) is 0 Å². The molecule has 0 aliphatic carbocycles. The van der Waals surface area contributed by atoms with E-state index < -0.39 is 0 Å². The lowest BCUT2D eigenvalue weighted by molar-refractivity contribution is -0.0352. The Hall–Kier alpha value is -0.760. The van der Waals surface area contributed by atoms with Crippen molar-refractivity contribution in [2.45, 2.75) is 26.7 Å². The number of rotatable bonds is 3. The van der Waals surface area contributed by atoms with Crippen molar-refractivity contribution in [3.8, 4) is 0 Å². The molecule has 0 radical (unpaired) electrons. The first kappa shape index (κ1) is 11.7. The van der Waals surface area contributed by atoms with Crippen molar-refractivity contribution in [2.24, 2.45) is 5.41 Å². The average molecular weight is 220 g/mol. The molecule has 90 valence electrons. The molecule has 0 aromatic heterocycles. The van der Waals surface area contributed by atoms with Crippen molar-refractivity contribution < 1.29 is 0 Å². The van der Waals surface area contributed by atoms with E-state index in [0.717, 1.165) is 6.54 Å². The van der Waals surface area contributed by atoms with Gasteiger partial charge in [0.15, 0.2) is 0 Å². The Bertz CT molecular complexity index is 282. The minimum absolute atomic E-state index is 0.626. The number of hydrogen-bond acceptors (Lipinski definition) is 2. The molecule has 0 aromatic rings. The molecular formula is C14H24N2. The molecule has 16 heavy (non-hydrogen) atoms. The molecule has 0 saturated carbocycles. The van der Waals surface area contributed by atoms with Crippen LogP contribution in [0.4, 0.5) is 0 Å². The summed E-state index contributed by atoms with van der Waals surface area (Å²) in [5.74, 6) is 0. The summed E-state index contributed by atoms with van der Waals surface area (Å²) in [4.78, 5) is 4.95. The van der Waals surface area contributed by atoms with Crippen LogP contribution in [0.2, 0.25) is 0 Å². The SMILES string of the molecule is C=C(C)CN1CC2(CCN(C(=C)C)CC2)C1. The third kappa shape index (κ3) is 2.32. The number of hydrogen-bond donors (Lipinski definition) is 0. The van der Waals surface area contributed by atoms with E-state index in [1.807, 2.05) is 0 Å². The Morgan fingerprint density at radius 1 is 1.12 bits per heavy atom. The molecule has 0 unspecified atom stereocenters. The average Bonchev–Trinajstić information content (AvgIpc) is 2.15. The fourth-order valence-corrected chi connectivity index (χ4v) is 3.07. The second kappa shape index (κ2) is 4.25. The molecule has 0 N–H and O–H groups in total. The molecule has 0 atom stereocenters. The van der Waals surface area contributed by atoms with Crippen molar-refractivity contribution in [3.63, 3.8) is 0 Å². The van der Waals surface area contributed by atoms with Gasteiger partial charge >= 0.3 is 0 Å². The zero-order chi connectivity index (χ0) is 11.8. The largest absolute Gasteiger partial charge is 0.375 e. The molecule has 0 bridgehead atoms. The Balaban J connectivity index is 1.78. The minimum atomic E-state index is 0.626. The maximum atomic E-state index is 4.03. The summed E-state index contributed by atoms with van der Waals surface area (Å²) in [6, 6.07) is 0. The van der Waals surface area contributed by atoms with Crippen molar-refractivity contribution >= 4 is 0 Å². The summed E-state index contributed by atoms with van der Waals surface area (Å²) < 4.78 is 0. The van der Waals surface area contributed by atoms with Gasteiger partial charge in [-0.2, -0.15) is 0 Å². The smallest absolute Gasteiger partial charge is 0.0187 e. The van der Waals surface area contributed by atoms with Gasteiger partial charge in [0.2, 0.25) is 0 Å². The van der Waals surface area contributed by atoms with Crippen LogP contribution in [0.3, 0.4) is 0 Å². The lowest BCUT2D eigenvalue weighted by Crippen LogP contribution is -2.60. The van der Waals surface area contributed by atoms with Crippen LogP contribution in [0.5, 0.6) is 0 Å². The predicted molar refractivity (Wildman–Crippen MR) is 69.3 cm³/mol. The predicted octanol–water partition coefficient (Wildman–Crippen LogP) is 2.49. The molecule has 2 nitrogen and oxygen atoms in total. The summed E-state index contributed by atoms with van der Waals surface area (Å²) in [6.45, 7) is 18.3. The highest BCUT2D eigenvalue weighted by Crippen LogP contribution is 2.40. The van der Waals surface area contributed by atoms with E-state index in [2.05, 4.69) is 36.8 Å². The maximum absolute atomic E-state index is 4.03. The number of nitrogens with zero attached hydrogens (tertiary/aromatic N) is 2. The highest BCUT2D eigenvalue weighted by Gasteiger charge is 2.44. The summed E-state index contributed by atoms with van der Waals surface area (Å²) in [5, 5.41) is 0. The van der Waals surface area contributed by atoms with Crippen LogP contribution in [-0.2, 0) is 0 Å². The number of likely N-dealkylation sites (tertiary alicyclic amines) is 2. The zero-order valence-corrected chi connectivity index (χ0v) is 10.8. The van der Waals surface area contributed by atoms with Gasteiger partial charge in [0, 0.05) is 38.4 Å². The minimum Gasteiger partial charge on any atom is -0.375 e. The van der Waals surface area contributed by atoms with Crippen molar-refractivity contribution in [1.82, 2.24) is 9.80 Å². The molecule has 2 heteroatoms. The van der Waals surface area contributed by atoms with Gasteiger partial charge in [0.1, 0.15) is 0 Å². The van der Waals surface area contributed by atoms with Crippen LogP contribution in [-0.4, -0.2) is 42.5 Å². The molecule has 2 aliphatic rings. The molecule has 0 amide bonds. The first-order valence-electron chi connectivity index (χ1n) is 6.28. The van der Waals surface area contributed by atoms with E-state index in [0.29, 0.717) is 5.41 Å². The number of allylic oxidation sites excluding steroid dienone is 1. The van der Waals surface area contributed by atoms with E-state index in [1.165, 1.54) is 50.3 Å². The molecule has 2 rings (SSSR count). The summed E-state index contributed by atoms with van der Waals surface area (Å²) >= 11 is 0. The first-order chi connectivity index (χ1) is 7.51. The molecule has 2 fully saturated rings. The van der Waals surface area contributed by atoms with Crippen LogP contribution < -0.4 is 0 Å². The summed E-state index contributed by atoms with van der Waals surface area (Å²) in [7, 11) is 0. The van der Waals surface area contributed by atoms with Crippen LogP contribution >= 0.6 is 0 Å². The van der Waals surface area contributed by atoms with Gasteiger partial charge in [-0.25, -0.2) is 0 Å². The fourth-order valence-electron chi connectivity index (χ4n) is 3.07.